The summed E-state index contributed by atoms with van der Waals surface area (Å²) in [5.41, 5.74) is 3.23. The molecule has 2 N–H and O–H groups in total. The third-order valence-electron chi connectivity index (χ3n) is 4.29. The Balaban J connectivity index is 2.23. The Bertz CT molecular complexity index is 810. The molecule has 0 saturated heterocycles. The van der Waals surface area contributed by atoms with E-state index in [2.05, 4.69) is 24.5 Å². The average Bonchev–Trinajstić information content (AvgIpc) is 2.65. The molecule has 0 aliphatic rings. The van der Waals surface area contributed by atoms with E-state index in [9.17, 15) is 9.59 Å². The number of benzene rings is 2. The topological polar surface area (TPSA) is 67.4 Å². The monoisotopic (exact) mass is 382 g/mol. The zero-order valence-corrected chi connectivity index (χ0v) is 17.3. The number of nitrogens with one attached hydrogen (secondary N) is 2. The zero-order valence-electron chi connectivity index (χ0n) is 17.3. The quantitative estimate of drug-likeness (QED) is 0.737. The number of anilines is 1. The van der Waals surface area contributed by atoms with Crippen molar-refractivity contribution in [1.29, 1.82) is 0 Å². The lowest BCUT2D eigenvalue weighted by Gasteiger charge is -2.23. The van der Waals surface area contributed by atoms with Gasteiger partial charge in [0.1, 0.15) is 11.6 Å². The van der Waals surface area contributed by atoms with Gasteiger partial charge in [0.2, 0.25) is 0 Å². The van der Waals surface area contributed by atoms with E-state index in [-0.39, 0.29) is 5.91 Å². The van der Waals surface area contributed by atoms with Crippen LogP contribution < -0.4 is 10.6 Å². The second-order valence-corrected chi connectivity index (χ2v) is 7.67. The van der Waals surface area contributed by atoms with Crippen LogP contribution in [0.1, 0.15) is 57.4 Å². The fraction of sp³-hybridized carbons (Fsp3) is 0.391. The summed E-state index contributed by atoms with van der Waals surface area (Å²) in [5, 5.41) is 5.61. The molecule has 150 valence electrons. The van der Waals surface area contributed by atoms with Gasteiger partial charge >= 0.3 is 6.09 Å². The maximum atomic E-state index is 13.0. The molecule has 2 aromatic rings. The van der Waals surface area contributed by atoms with Gasteiger partial charge in [-0.3, -0.25) is 4.79 Å². The minimum Gasteiger partial charge on any atom is -0.444 e. The van der Waals surface area contributed by atoms with Gasteiger partial charge in [0, 0.05) is 5.69 Å². The molecule has 0 aliphatic carbocycles. The van der Waals surface area contributed by atoms with Gasteiger partial charge in [-0.1, -0.05) is 50.2 Å². The molecule has 0 fully saturated rings. The van der Waals surface area contributed by atoms with Crippen molar-refractivity contribution >= 4 is 17.7 Å². The molecule has 2 amide bonds. The molecule has 0 spiro atoms. The summed E-state index contributed by atoms with van der Waals surface area (Å²) in [7, 11) is 0. The molecule has 0 saturated carbocycles. The van der Waals surface area contributed by atoms with Crippen LogP contribution in [-0.2, 0) is 22.4 Å². The molecule has 2 aromatic carbocycles. The van der Waals surface area contributed by atoms with Gasteiger partial charge in [-0.25, -0.2) is 4.79 Å². The predicted molar refractivity (Wildman–Crippen MR) is 112 cm³/mol. The Kier molecular flexibility index (Phi) is 7.21. The summed E-state index contributed by atoms with van der Waals surface area (Å²) in [4.78, 5) is 25.3. The summed E-state index contributed by atoms with van der Waals surface area (Å²) in [5.74, 6) is -0.316. The van der Waals surface area contributed by atoms with Crippen molar-refractivity contribution in [3.05, 3.63) is 65.2 Å². The first kappa shape index (κ1) is 21.5. The van der Waals surface area contributed by atoms with E-state index in [0.29, 0.717) is 11.3 Å². The minimum absolute atomic E-state index is 0.316. The van der Waals surface area contributed by atoms with Crippen molar-refractivity contribution in [3.63, 3.8) is 0 Å². The van der Waals surface area contributed by atoms with E-state index in [0.717, 1.165) is 12.8 Å². The number of ether oxygens (including phenoxy) is 1. The maximum absolute atomic E-state index is 13.0. The number of hydrogen-bond donors (Lipinski definition) is 2. The molecule has 0 bridgehead atoms. The lowest BCUT2D eigenvalue weighted by Crippen LogP contribution is -2.40. The van der Waals surface area contributed by atoms with Gasteiger partial charge in [-0.05, 0) is 62.4 Å². The van der Waals surface area contributed by atoms with Crippen LogP contribution in [0.4, 0.5) is 10.5 Å². The normalized spacial score (nSPS) is 12.2. The molecule has 0 radical (unpaired) electrons. The number of hydrogen-bond acceptors (Lipinski definition) is 3. The lowest BCUT2D eigenvalue weighted by atomic mass is 10.0. The molecule has 2 rings (SSSR count). The van der Waals surface area contributed by atoms with Crippen LogP contribution in [0.15, 0.2) is 48.5 Å². The predicted octanol–water partition coefficient (Wildman–Crippen LogP) is 5.02. The van der Waals surface area contributed by atoms with Crippen molar-refractivity contribution < 1.29 is 14.3 Å². The van der Waals surface area contributed by atoms with Crippen LogP contribution in [0.25, 0.3) is 0 Å². The van der Waals surface area contributed by atoms with Crippen molar-refractivity contribution in [3.8, 4) is 0 Å². The van der Waals surface area contributed by atoms with E-state index < -0.39 is 17.7 Å². The maximum Gasteiger partial charge on any atom is 0.408 e. The highest BCUT2D eigenvalue weighted by atomic mass is 16.6. The van der Waals surface area contributed by atoms with Crippen molar-refractivity contribution in [2.75, 3.05) is 5.32 Å². The van der Waals surface area contributed by atoms with E-state index in [1.165, 1.54) is 11.1 Å². The number of rotatable bonds is 6. The zero-order chi connectivity index (χ0) is 20.7. The van der Waals surface area contributed by atoms with Gasteiger partial charge in [-0.15, -0.1) is 0 Å². The van der Waals surface area contributed by atoms with Gasteiger partial charge in [0.05, 0.1) is 0 Å². The number of carbonyl (C=O) groups excluding carboxylic acids is 2. The molecular formula is C23H30N2O3. The van der Waals surface area contributed by atoms with E-state index in [1.54, 1.807) is 32.9 Å². The summed E-state index contributed by atoms with van der Waals surface area (Å²) in [6.07, 6.45) is 1.21. The molecule has 1 unspecified atom stereocenters. The number of carbonyl (C=O) groups is 2. The summed E-state index contributed by atoms with van der Waals surface area (Å²) in [6.45, 7) is 9.56. The SMILES string of the molecule is CCc1ccc(NC(=O)C(NC(=O)OC(C)(C)C)c2ccccc2)cc1CC. The van der Waals surface area contributed by atoms with Crippen LogP contribution in [0.2, 0.25) is 0 Å². The second kappa shape index (κ2) is 9.40. The van der Waals surface area contributed by atoms with Crippen molar-refractivity contribution in [2.45, 2.75) is 59.1 Å². The van der Waals surface area contributed by atoms with Crippen molar-refractivity contribution in [2.24, 2.45) is 0 Å². The fourth-order valence-electron chi connectivity index (χ4n) is 2.96. The average molecular weight is 383 g/mol. The first-order chi connectivity index (χ1) is 13.2. The van der Waals surface area contributed by atoms with Crippen LogP contribution >= 0.6 is 0 Å². The summed E-state index contributed by atoms with van der Waals surface area (Å²) < 4.78 is 5.33. The molecule has 28 heavy (non-hydrogen) atoms. The second-order valence-electron chi connectivity index (χ2n) is 7.67. The number of amides is 2. The van der Waals surface area contributed by atoms with Gasteiger partial charge in [-0.2, -0.15) is 0 Å². The van der Waals surface area contributed by atoms with Crippen LogP contribution in [-0.4, -0.2) is 17.6 Å². The van der Waals surface area contributed by atoms with Crippen LogP contribution in [0.5, 0.6) is 0 Å². The van der Waals surface area contributed by atoms with Crippen LogP contribution in [0, 0.1) is 0 Å². The van der Waals surface area contributed by atoms with Gasteiger partial charge < -0.3 is 15.4 Å². The smallest absolute Gasteiger partial charge is 0.408 e. The fourth-order valence-corrected chi connectivity index (χ4v) is 2.96. The van der Waals surface area contributed by atoms with Gasteiger partial charge in [0.25, 0.3) is 5.91 Å². The summed E-state index contributed by atoms with van der Waals surface area (Å²) in [6, 6.07) is 14.2. The van der Waals surface area contributed by atoms with Crippen LogP contribution in [0.3, 0.4) is 0 Å². The molecule has 0 aromatic heterocycles. The third-order valence-corrected chi connectivity index (χ3v) is 4.29. The number of alkyl carbamates (subject to hydrolysis) is 1. The largest absolute Gasteiger partial charge is 0.444 e. The molecule has 0 aliphatic heterocycles. The Hall–Kier alpha value is -2.82. The lowest BCUT2D eigenvalue weighted by molar-refractivity contribution is -0.118. The van der Waals surface area contributed by atoms with E-state index >= 15 is 0 Å². The third kappa shape index (κ3) is 6.12. The Morgan fingerprint density at radius 2 is 1.61 bits per heavy atom. The van der Waals surface area contributed by atoms with E-state index in [4.69, 9.17) is 4.74 Å². The Morgan fingerprint density at radius 3 is 2.18 bits per heavy atom. The van der Waals surface area contributed by atoms with E-state index in [1.807, 2.05) is 36.4 Å². The highest BCUT2D eigenvalue weighted by Gasteiger charge is 2.26. The molecule has 5 heteroatoms. The molecule has 1 atom stereocenters. The highest BCUT2D eigenvalue weighted by Crippen LogP contribution is 2.21. The first-order valence-corrected chi connectivity index (χ1v) is 9.70. The summed E-state index contributed by atoms with van der Waals surface area (Å²) >= 11 is 0. The van der Waals surface area contributed by atoms with Gasteiger partial charge in [0.15, 0.2) is 0 Å². The molecular weight excluding hydrogens is 352 g/mol. The molecule has 0 heterocycles. The standard InChI is InChI=1S/C23H30N2O3/c1-6-16-13-14-19(15-17(16)7-2)24-21(26)20(18-11-9-8-10-12-18)25-22(27)28-23(3,4)5/h8-15,20H,6-7H2,1-5H3,(H,24,26)(H,25,27). The first-order valence-electron chi connectivity index (χ1n) is 9.70. The Labute approximate surface area is 167 Å². The number of aryl methyl sites for hydroxylation is 2. The minimum atomic E-state index is -0.855. The molecule has 5 nitrogen and oxygen atoms in total. The Morgan fingerprint density at radius 1 is 0.964 bits per heavy atom. The van der Waals surface area contributed by atoms with Crippen molar-refractivity contribution in [1.82, 2.24) is 5.32 Å². The highest BCUT2D eigenvalue weighted by molar-refractivity contribution is 5.97.